The number of carboxylic acids is 1. The molecule has 37 heavy (non-hydrogen) atoms. The maximum atomic E-state index is 13.0. The van der Waals surface area contributed by atoms with Crippen molar-refractivity contribution in [3.8, 4) is 11.1 Å². The summed E-state index contributed by atoms with van der Waals surface area (Å²) in [5.41, 5.74) is 3.40. The van der Waals surface area contributed by atoms with Gasteiger partial charge in [0.1, 0.15) is 12.0 Å². The van der Waals surface area contributed by atoms with Gasteiger partial charge in [-0.25, -0.2) is 0 Å². The molecule has 2 atom stereocenters. The first kappa shape index (κ1) is 27.6. The highest BCUT2D eigenvalue weighted by molar-refractivity contribution is 6.01. The molecular weight excluding hydrogens is 466 g/mol. The number of anilines is 1. The highest BCUT2D eigenvalue weighted by atomic mass is 16.4. The molecule has 0 radical (unpaired) electrons. The number of aryl methyl sites for hydroxylation is 1. The molecule has 7 heteroatoms. The molecule has 1 aromatic heterocycles. The average Bonchev–Trinajstić information content (AvgIpc) is 2.87. The molecule has 3 rings (SSSR count). The smallest absolute Gasteiger partial charge is 0.316 e. The Kier molecular flexibility index (Phi) is 9.55. The Morgan fingerprint density at radius 3 is 2.05 bits per heavy atom. The molecule has 194 valence electrons. The minimum absolute atomic E-state index is 0.200. The zero-order chi connectivity index (χ0) is 26.8. The Bertz CT molecular complexity index is 1170. The van der Waals surface area contributed by atoms with Crippen molar-refractivity contribution in [1.82, 2.24) is 10.3 Å². The number of unbranched alkanes of at least 4 members (excludes halogenated alkanes) is 1. The molecule has 0 aliphatic heterocycles. The average molecular weight is 502 g/mol. The van der Waals surface area contributed by atoms with E-state index in [-0.39, 0.29) is 6.42 Å². The van der Waals surface area contributed by atoms with Gasteiger partial charge in [-0.1, -0.05) is 81.8 Å². The molecule has 7 nitrogen and oxygen atoms in total. The van der Waals surface area contributed by atoms with Gasteiger partial charge in [-0.2, -0.15) is 0 Å². The molecule has 3 N–H and O–H groups in total. The first-order chi connectivity index (χ1) is 17.6. The summed E-state index contributed by atoms with van der Waals surface area (Å²) in [6, 6.07) is 20.9. The van der Waals surface area contributed by atoms with Gasteiger partial charge in [0, 0.05) is 18.1 Å². The van der Waals surface area contributed by atoms with E-state index in [0.29, 0.717) is 12.1 Å². The van der Waals surface area contributed by atoms with Crippen LogP contribution >= 0.6 is 0 Å². The summed E-state index contributed by atoms with van der Waals surface area (Å²) in [7, 11) is 0. The molecule has 2 unspecified atom stereocenters. The number of nitrogens with zero attached hydrogens (tertiary/aromatic N) is 1. The van der Waals surface area contributed by atoms with Crippen molar-refractivity contribution in [2.45, 2.75) is 52.5 Å². The standard InChI is InChI=1S/C30H35N3O4/c1-30(2,3)26(28(35)32-24-17-19-31-20-18-24)33-27(34)25(29(36)37)12-8-7-9-21-13-15-23(16-14-21)22-10-5-4-6-11-22/h4-6,10-11,13-20,25-26H,7-9,12H2,1-3H3,(H,33,34)(H,36,37)(H,31,32,35). The molecule has 3 aromatic rings. The molecule has 0 aliphatic carbocycles. The number of aromatic nitrogens is 1. The third kappa shape index (κ3) is 8.27. The number of carboxylic acid groups (broad SMARTS) is 1. The first-order valence-corrected chi connectivity index (χ1v) is 12.5. The van der Waals surface area contributed by atoms with Gasteiger partial charge >= 0.3 is 5.97 Å². The van der Waals surface area contributed by atoms with Crippen LogP contribution in [0.4, 0.5) is 5.69 Å². The van der Waals surface area contributed by atoms with Crippen molar-refractivity contribution in [1.29, 1.82) is 0 Å². The van der Waals surface area contributed by atoms with E-state index >= 15 is 0 Å². The molecule has 0 fully saturated rings. The van der Waals surface area contributed by atoms with Crippen molar-refractivity contribution in [2.75, 3.05) is 5.32 Å². The lowest BCUT2D eigenvalue weighted by molar-refractivity contribution is -0.148. The monoisotopic (exact) mass is 501 g/mol. The maximum absolute atomic E-state index is 13.0. The largest absolute Gasteiger partial charge is 0.481 e. The predicted molar refractivity (Wildman–Crippen MR) is 145 cm³/mol. The van der Waals surface area contributed by atoms with Gasteiger partial charge in [0.15, 0.2) is 0 Å². The topological polar surface area (TPSA) is 108 Å². The fraction of sp³-hybridized carbons (Fsp3) is 0.333. The quantitative estimate of drug-likeness (QED) is 0.243. The molecule has 0 spiro atoms. The normalized spacial score (nSPS) is 12.8. The maximum Gasteiger partial charge on any atom is 0.316 e. The van der Waals surface area contributed by atoms with E-state index < -0.39 is 35.2 Å². The molecular formula is C30H35N3O4. The van der Waals surface area contributed by atoms with Gasteiger partial charge in [0.25, 0.3) is 0 Å². The summed E-state index contributed by atoms with van der Waals surface area (Å²) in [4.78, 5) is 41.7. The molecule has 1 heterocycles. The number of rotatable bonds is 11. The third-order valence-corrected chi connectivity index (χ3v) is 6.25. The number of carbonyl (C=O) groups excluding carboxylic acids is 2. The minimum atomic E-state index is -1.22. The van der Waals surface area contributed by atoms with Gasteiger partial charge in [0.2, 0.25) is 11.8 Å². The van der Waals surface area contributed by atoms with Crippen molar-refractivity contribution in [3.63, 3.8) is 0 Å². The van der Waals surface area contributed by atoms with E-state index in [2.05, 4.69) is 52.0 Å². The molecule has 0 bridgehead atoms. The molecule has 0 saturated carbocycles. The second-order valence-electron chi connectivity index (χ2n) is 10.2. The van der Waals surface area contributed by atoms with Crippen LogP contribution < -0.4 is 10.6 Å². The first-order valence-electron chi connectivity index (χ1n) is 12.5. The van der Waals surface area contributed by atoms with Gasteiger partial charge in [-0.05, 0) is 53.5 Å². The Labute approximate surface area is 218 Å². The van der Waals surface area contributed by atoms with Crippen LogP contribution in [0.5, 0.6) is 0 Å². The lowest BCUT2D eigenvalue weighted by Gasteiger charge is -2.31. The Morgan fingerprint density at radius 1 is 0.838 bits per heavy atom. The summed E-state index contributed by atoms with van der Waals surface area (Å²) < 4.78 is 0. The number of benzene rings is 2. The number of hydrogen-bond acceptors (Lipinski definition) is 4. The summed E-state index contributed by atoms with van der Waals surface area (Å²) in [5.74, 6) is -3.47. The van der Waals surface area contributed by atoms with E-state index in [4.69, 9.17) is 0 Å². The van der Waals surface area contributed by atoms with Crippen LogP contribution in [0.15, 0.2) is 79.1 Å². The number of amides is 2. The van der Waals surface area contributed by atoms with E-state index in [0.717, 1.165) is 29.5 Å². The van der Waals surface area contributed by atoms with E-state index in [1.165, 1.54) is 0 Å². The second kappa shape index (κ2) is 12.8. The Hall–Kier alpha value is -4.00. The fourth-order valence-corrected chi connectivity index (χ4v) is 4.11. The number of carbonyl (C=O) groups is 3. The molecule has 2 amide bonds. The van der Waals surface area contributed by atoms with Gasteiger partial charge in [-0.15, -0.1) is 0 Å². The van der Waals surface area contributed by atoms with E-state index in [9.17, 15) is 19.5 Å². The summed E-state index contributed by atoms with van der Waals surface area (Å²) in [6.07, 6.45) is 5.44. The van der Waals surface area contributed by atoms with Crippen LogP contribution in [0, 0.1) is 11.3 Å². The highest BCUT2D eigenvalue weighted by Gasteiger charge is 2.36. The van der Waals surface area contributed by atoms with Gasteiger partial charge in [0.05, 0.1) is 0 Å². The van der Waals surface area contributed by atoms with Crippen molar-refractivity contribution < 1.29 is 19.5 Å². The van der Waals surface area contributed by atoms with Crippen LogP contribution in [0.3, 0.4) is 0 Å². The van der Waals surface area contributed by atoms with E-state index in [1.807, 2.05) is 39.0 Å². The number of hydrogen-bond donors (Lipinski definition) is 3. The van der Waals surface area contributed by atoms with Crippen molar-refractivity contribution >= 4 is 23.5 Å². The fourth-order valence-electron chi connectivity index (χ4n) is 4.11. The minimum Gasteiger partial charge on any atom is -0.481 e. The molecule has 0 aliphatic rings. The van der Waals surface area contributed by atoms with Crippen LogP contribution in [0.2, 0.25) is 0 Å². The van der Waals surface area contributed by atoms with Gasteiger partial charge in [-0.3, -0.25) is 19.4 Å². The lowest BCUT2D eigenvalue weighted by atomic mass is 9.85. The lowest BCUT2D eigenvalue weighted by Crippen LogP contribution is -2.53. The van der Waals surface area contributed by atoms with Crippen LogP contribution in [-0.4, -0.2) is 33.9 Å². The summed E-state index contributed by atoms with van der Waals surface area (Å²) in [5, 5.41) is 15.2. The SMILES string of the molecule is CC(C)(C)C(NC(=O)C(CCCCc1ccc(-c2ccccc2)cc1)C(=O)O)C(=O)Nc1ccncc1. The zero-order valence-electron chi connectivity index (χ0n) is 21.6. The van der Waals surface area contributed by atoms with Gasteiger partial charge < -0.3 is 15.7 Å². The van der Waals surface area contributed by atoms with E-state index in [1.54, 1.807) is 24.5 Å². The predicted octanol–water partition coefficient (Wildman–Crippen LogP) is 5.33. The third-order valence-electron chi connectivity index (χ3n) is 6.25. The Morgan fingerprint density at radius 2 is 1.46 bits per heavy atom. The van der Waals surface area contributed by atoms with Crippen LogP contribution in [0.25, 0.3) is 11.1 Å². The van der Waals surface area contributed by atoms with Crippen molar-refractivity contribution in [3.05, 3.63) is 84.7 Å². The highest BCUT2D eigenvalue weighted by Crippen LogP contribution is 2.23. The zero-order valence-corrected chi connectivity index (χ0v) is 21.6. The Balaban J connectivity index is 1.54. The number of nitrogens with one attached hydrogen (secondary N) is 2. The molecule has 2 aromatic carbocycles. The van der Waals surface area contributed by atoms with Crippen molar-refractivity contribution in [2.24, 2.45) is 11.3 Å². The number of aliphatic carboxylic acids is 1. The summed E-state index contributed by atoms with van der Waals surface area (Å²) in [6.45, 7) is 5.47. The molecule has 0 saturated heterocycles. The summed E-state index contributed by atoms with van der Waals surface area (Å²) >= 11 is 0. The van der Waals surface area contributed by atoms with Crippen LogP contribution in [-0.2, 0) is 20.8 Å². The number of pyridine rings is 1. The van der Waals surface area contributed by atoms with Crippen LogP contribution in [0.1, 0.15) is 45.6 Å². The second-order valence-corrected chi connectivity index (χ2v) is 10.2.